The minimum Gasteiger partial charge on any atom is -0.462 e. The van der Waals surface area contributed by atoms with Crippen molar-refractivity contribution >= 4 is 23.3 Å². The molecule has 2 aromatic rings. The summed E-state index contributed by atoms with van der Waals surface area (Å²) in [6.07, 6.45) is 1.29. The Morgan fingerprint density at radius 1 is 1.12 bits per heavy atom. The molecule has 0 aliphatic heterocycles. The fourth-order valence-electron chi connectivity index (χ4n) is 1.97. The Kier molecular flexibility index (Phi) is 6.32. The minimum absolute atomic E-state index is 0.0922. The first kappa shape index (κ1) is 17.8. The van der Waals surface area contributed by atoms with Crippen LogP contribution in [-0.2, 0) is 9.53 Å². The van der Waals surface area contributed by atoms with E-state index in [0.717, 1.165) is 0 Å². The van der Waals surface area contributed by atoms with E-state index in [1.54, 1.807) is 55.5 Å². The molecule has 25 heavy (non-hydrogen) atoms. The molecule has 0 aliphatic rings. The molecule has 6 nitrogen and oxygen atoms in total. The summed E-state index contributed by atoms with van der Waals surface area (Å²) < 4.78 is 4.94. The van der Waals surface area contributed by atoms with Gasteiger partial charge in [0.1, 0.15) is 11.6 Å². The zero-order chi connectivity index (χ0) is 18.1. The average molecular weight is 335 g/mol. The van der Waals surface area contributed by atoms with Gasteiger partial charge in [-0.15, -0.1) is 0 Å². The van der Waals surface area contributed by atoms with Gasteiger partial charge < -0.3 is 15.4 Å². The summed E-state index contributed by atoms with van der Waals surface area (Å²) >= 11 is 0. The van der Waals surface area contributed by atoms with Gasteiger partial charge in [-0.1, -0.05) is 24.3 Å². The van der Waals surface area contributed by atoms with Crippen molar-refractivity contribution in [1.82, 2.24) is 0 Å². The van der Waals surface area contributed by atoms with Crippen molar-refractivity contribution in [3.05, 3.63) is 71.9 Å². The lowest BCUT2D eigenvalue weighted by molar-refractivity contribution is -0.112. The molecule has 0 aromatic heterocycles. The number of hydrogen-bond donors (Lipinski definition) is 2. The SMILES string of the molecule is CCOC(=O)c1cccc(N/C=C(\C#N)C(=O)Nc2ccccc2)c1. The highest BCUT2D eigenvalue weighted by Gasteiger charge is 2.10. The second-order valence-electron chi connectivity index (χ2n) is 4.94. The maximum Gasteiger partial charge on any atom is 0.338 e. The van der Waals surface area contributed by atoms with Crippen molar-refractivity contribution in [3.8, 4) is 6.07 Å². The third-order valence-corrected chi connectivity index (χ3v) is 3.15. The molecule has 2 aromatic carbocycles. The molecule has 0 fully saturated rings. The van der Waals surface area contributed by atoms with Gasteiger partial charge in [0.15, 0.2) is 0 Å². The molecular formula is C19H17N3O3. The van der Waals surface area contributed by atoms with E-state index in [1.807, 2.05) is 12.1 Å². The van der Waals surface area contributed by atoms with Crippen LogP contribution in [0.4, 0.5) is 11.4 Å². The molecule has 0 bridgehead atoms. The van der Waals surface area contributed by atoms with Gasteiger partial charge in [0, 0.05) is 17.6 Å². The van der Waals surface area contributed by atoms with E-state index in [9.17, 15) is 14.9 Å². The van der Waals surface area contributed by atoms with Crippen LogP contribution in [0.2, 0.25) is 0 Å². The van der Waals surface area contributed by atoms with Crippen LogP contribution in [0.15, 0.2) is 66.4 Å². The van der Waals surface area contributed by atoms with Crippen LogP contribution in [0.1, 0.15) is 17.3 Å². The number of nitrogens with one attached hydrogen (secondary N) is 2. The van der Waals surface area contributed by atoms with E-state index in [4.69, 9.17) is 4.74 Å². The number of nitrogens with zero attached hydrogens (tertiary/aromatic N) is 1. The Morgan fingerprint density at radius 2 is 1.84 bits per heavy atom. The summed E-state index contributed by atoms with van der Waals surface area (Å²) in [5.74, 6) is -0.958. The molecular weight excluding hydrogens is 318 g/mol. The van der Waals surface area contributed by atoms with Crippen LogP contribution in [0, 0.1) is 11.3 Å². The van der Waals surface area contributed by atoms with Crippen LogP contribution < -0.4 is 10.6 Å². The standard InChI is InChI=1S/C19H17N3O3/c1-2-25-19(24)14-7-6-10-17(11-14)21-13-15(12-20)18(23)22-16-8-4-3-5-9-16/h3-11,13,21H,2H2,1H3,(H,22,23)/b15-13+. The second kappa shape index (κ2) is 8.89. The Balaban J connectivity index is 2.08. The lowest BCUT2D eigenvalue weighted by Gasteiger charge is -2.06. The summed E-state index contributed by atoms with van der Waals surface area (Å²) in [4.78, 5) is 23.8. The maximum atomic E-state index is 12.1. The highest BCUT2D eigenvalue weighted by Crippen LogP contribution is 2.13. The summed E-state index contributed by atoms with van der Waals surface area (Å²) in [6.45, 7) is 2.02. The third-order valence-electron chi connectivity index (χ3n) is 3.15. The molecule has 1 amide bonds. The topological polar surface area (TPSA) is 91.2 Å². The number of ether oxygens (including phenoxy) is 1. The Hall–Kier alpha value is -3.59. The third kappa shape index (κ3) is 5.22. The molecule has 2 rings (SSSR count). The number of amides is 1. The molecule has 0 atom stereocenters. The number of nitriles is 1. The molecule has 0 saturated heterocycles. The summed E-state index contributed by atoms with van der Waals surface area (Å²) in [7, 11) is 0. The van der Waals surface area contributed by atoms with Gasteiger partial charge in [0.05, 0.1) is 12.2 Å². The first-order valence-corrected chi connectivity index (χ1v) is 7.64. The number of carbonyl (C=O) groups is 2. The van der Waals surface area contributed by atoms with Gasteiger partial charge in [0.25, 0.3) is 5.91 Å². The van der Waals surface area contributed by atoms with Crippen LogP contribution >= 0.6 is 0 Å². The van der Waals surface area contributed by atoms with E-state index >= 15 is 0 Å². The summed E-state index contributed by atoms with van der Waals surface area (Å²) in [5, 5.41) is 14.7. The quantitative estimate of drug-likeness (QED) is 0.480. The molecule has 0 spiro atoms. The zero-order valence-corrected chi connectivity index (χ0v) is 13.7. The number of para-hydroxylation sites is 1. The molecule has 126 valence electrons. The zero-order valence-electron chi connectivity index (χ0n) is 13.7. The van der Waals surface area contributed by atoms with Crippen molar-refractivity contribution in [1.29, 1.82) is 5.26 Å². The molecule has 0 saturated carbocycles. The summed E-state index contributed by atoms with van der Waals surface area (Å²) in [5.41, 5.74) is 1.45. The smallest absolute Gasteiger partial charge is 0.338 e. The van der Waals surface area contributed by atoms with E-state index in [-0.39, 0.29) is 12.2 Å². The molecule has 0 unspecified atom stereocenters. The number of hydrogen-bond acceptors (Lipinski definition) is 5. The molecule has 0 heterocycles. The van der Waals surface area contributed by atoms with E-state index in [0.29, 0.717) is 16.9 Å². The maximum absolute atomic E-state index is 12.1. The Morgan fingerprint density at radius 3 is 2.52 bits per heavy atom. The molecule has 6 heteroatoms. The lowest BCUT2D eigenvalue weighted by Crippen LogP contribution is -2.14. The van der Waals surface area contributed by atoms with Crippen molar-refractivity contribution in [2.75, 3.05) is 17.2 Å². The highest BCUT2D eigenvalue weighted by molar-refractivity contribution is 6.06. The first-order valence-electron chi connectivity index (χ1n) is 7.64. The van der Waals surface area contributed by atoms with Gasteiger partial charge in [-0.05, 0) is 37.3 Å². The largest absolute Gasteiger partial charge is 0.462 e. The first-order chi connectivity index (χ1) is 12.1. The lowest BCUT2D eigenvalue weighted by atomic mass is 10.2. The molecule has 2 N–H and O–H groups in total. The number of benzene rings is 2. The molecule has 0 aliphatic carbocycles. The van der Waals surface area contributed by atoms with Crippen LogP contribution in [0.5, 0.6) is 0 Å². The van der Waals surface area contributed by atoms with Crippen molar-refractivity contribution in [3.63, 3.8) is 0 Å². The van der Waals surface area contributed by atoms with Gasteiger partial charge in [-0.2, -0.15) is 5.26 Å². The van der Waals surface area contributed by atoms with Gasteiger partial charge in [-0.25, -0.2) is 4.79 Å². The van der Waals surface area contributed by atoms with Crippen LogP contribution in [0.25, 0.3) is 0 Å². The fourth-order valence-corrected chi connectivity index (χ4v) is 1.97. The number of carbonyl (C=O) groups excluding carboxylic acids is 2. The van der Waals surface area contributed by atoms with Crippen molar-refractivity contribution < 1.29 is 14.3 Å². The van der Waals surface area contributed by atoms with E-state index < -0.39 is 11.9 Å². The number of esters is 1. The summed E-state index contributed by atoms with van der Waals surface area (Å²) in [6, 6.07) is 17.3. The van der Waals surface area contributed by atoms with Crippen LogP contribution in [0.3, 0.4) is 0 Å². The monoisotopic (exact) mass is 335 g/mol. The normalized spacial score (nSPS) is 10.5. The van der Waals surface area contributed by atoms with Crippen molar-refractivity contribution in [2.45, 2.75) is 6.92 Å². The number of anilines is 2. The Labute approximate surface area is 145 Å². The number of rotatable bonds is 6. The van der Waals surface area contributed by atoms with Gasteiger partial charge >= 0.3 is 5.97 Å². The Bertz CT molecular complexity index is 823. The van der Waals surface area contributed by atoms with E-state index in [2.05, 4.69) is 10.6 Å². The predicted octanol–water partition coefficient (Wildman–Crippen LogP) is 3.32. The van der Waals surface area contributed by atoms with Crippen LogP contribution in [-0.4, -0.2) is 18.5 Å². The fraction of sp³-hybridized carbons (Fsp3) is 0.105. The highest BCUT2D eigenvalue weighted by atomic mass is 16.5. The molecule has 0 radical (unpaired) electrons. The van der Waals surface area contributed by atoms with Gasteiger partial charge in [0.2, 0.25) is 0 Å². The predicted molar refractivity (Wildman–Crippen MR) is 94.8 cm³/mol. The minimum atomic E-state index is -0.525. The van der Waals surface area contributed by atoms with Gasteiger partial charge in [-0.3, -0.25) is 4.79 Å². The second-order valence-corrected chi connectivity index (χ2v) is 4.94. The van der Waals surface area contributed by atoms with Crippen molar-refractivity contribution in [2.24, 2.45) is 0 Å². The van der Waals surface area contributed by atoms with E-state index in [1.165, 1.54) is 6.20 Å². The average Bonchev–Trinajstić information content (AvgIpc) is 2.63.